The zero-order valence-corrected chi connectivity index (χ0v) is 16.5. The fraction of sp³-hybridized carbons (Fsp3) is 0.125. The molecule has 30 heavy (non-hydrogen) atoms. The average molecular weight is 396 g/mol. The predicted molar refractivity (Wildman–Crippen MR) is 113 cm³/mol. The molecule has 0 fully saturated rings. The first-order valence-corrected chi connectivity index (χ1v) is 9.52. The highest BCUT2D eigenvalue weighted by atomic mass is 16.5. The molecule has 0 aliphatic rings. The summed E-state index contributed by atoms with van der Waals surface area (Å²) in [6.07, 6.45) is 3.86. The smallest absolute Gasteiger partial charge is 0.254 e. The summed E-state index contributed by atoms with van der Waals surface area (Å²) >= 11 is 0. The van der Waals surface area contributed by atoms with Crippen molar-refractivity contribution in [3.8, 4) is 11.8 Å². The molecule has 148 valence electrons. The molecule has 0 N–H and O–H groups in total. The topological polar surface area (TPSA) is 70.6 Å². The van der Waals surface area contributed by atoms with Crippen LogP contribution in [0.1, 0.15) is 27.2 Å². The number of carbonyl (C=O) groups excluding carboxylic acids is 1. The van der Waals surface area contributed by atoms with E-state index in [2.05, 4.69) is 11.1 Å². The molecule has 2 aromatic carbocycles. The van der Waals surface area contributed by atoms with Gasteiger partial charge in [-0.05, 0) is 48.0 Å². The number of nitriles is 1. The highest BCUT2D eigenvalue weighted by Gasteiger charge is 2.13. The zero-order valence-electron chi connectivity index (χ0n) is 16.5. The van der Waals surface area contributed by atoms with E-state index in [1.54, 1.807) is 42.3 Å². The minimum atomic E-state index is -0.115. The molecule has 4 aromatic rings. The third kappa shape index (κ3) is 4.31. The van der Waals surface area contributed by atoms with Gasteiger partial charge in [-0.25, -0.2) is 4.98 Å². The summed E-state index contributed by atoms with van der Waals surface area (Å²) in [7, 11) is 1.74. The maximum Gasteiger partial charge on any atom is 0.254 e. The van der Waals surface area contributed by atoms with Crippen molar-refractivity contribution in [3.05, 3.63) is 102 Å². The highest BCUT2D eigenvalue weighted by molar-refractivity contribution is 5.94. The number of benzene rings is 2. The van der Waals surface area contributed by atoms with E-state index in [9.17, 15) is 4.79 Å². The van der Waals surface area contributed by atoms with Crippen molar-refractivity contribution in [3.63, 3.8) is 0 Å². The Morgan fingerprint density at radius 3 is 2.83 bits per heavy atom. The fourth-order valence-corrected chi connectivity index (χ4v) is 3.24. The van der Waals surface area contributed by atoms with E-state index in [0.29, 0.717) is 30.0 Å². The van der Waals surface area contributed by atoms with Crippen LogP contribution in [0.4, 0.5) is 0 Å². The van der Waals surface area contributed by atoms with Gasteiger partial charge in [0.05, 0.1) is 17.3 Å². The van der Waals surface area contributed by atoms with Crippen molar-refractivity contribution < 1.29 is 9.53 Å². The molecule has 0 unspecified atom stereocenters. The Bertz CT molecular complexity index is 1210. The van der Waals surface area contributed by atoms with Crippen molar-refractivity contribution in [1.29, 1.82) is 5.26 Å². The second kappa shape index (κ2) is 8.50. The van der Waals surface area contributed by atoms with Crippen molar-refractivity contribution in [1.82, 2.24) is 14.3 Å². The average Bonchev–Trinajstić information content (AvgIpc) is 3.20. The van der Waals surface area contributed by atoms with Crippen LogP contribution >= 0.6 is 0 Å². The van der Waals surface area contributed by atoms with Crippen LogP contribution in [-0.2, 0) is 13.2 Å². The molecule has 1 amide bonds. The van der Waals surface area contributed by atoms with Gasteiger partial charge in [0, 0.05) is 31.5 Å². The van der Waals surface area contributed by atoms with Crippen molar-refractivity contribution in [2.45, 2.75) is 13.2 Å². The number of hydrogen-bond donors (Lipinski definition) is 0. The van der Waals surface area contributed by atoms with Crippen LogP contribution < -0.4 is 4.74 Å². The van der Waals surface area contributed by atoms with Crippen LogP contribution in [0.25, 0.3) is 5.65 Å². The molecule has 6 heteroatoms. The first-order valence-electron chi connectivity index (χ1n) is 9.52. The number of amides is 1. The standard InChI is InChI=1S/C24H20N4O2/c1-27(15-19-7-4-6-18(12-19)14-25)24(29)20-8-5-9-22(13-20)30-17-21-16-28-11-3-2-10-23(28)26-21/h2-13,16H,15,17H2,1H3. The summed E-state index contributed by atoms with van der Waals surface area (Å²) in [6.45, 7) is 0.733. The van der Waals surface area contributed by atoms with E-state index in [1.807, 2.05) is 53.2 Å². The van der Waals surface area contributed by atoms with Gasteiger partial charge in [0.15, 0.2) is 0 Å². The van der Waals surface area contributed by atoms with Crippen LogP contribution in [-0.4, -0.2) is 27.2 Å². The SMILES string of the molecule is CN(Cc1cccc(C#N)c1)C(=O)c1cccc(OCc2cn3ccccc3n2)c1. The van der Waals surface area contributed by atoms with Gasteiger partial charge in [-0.1, -0.05) is 24.3 Å². The summed E-state index contributed by atoms with van der Waals surface area (Å²) in [4.78, 5) is 19.0. The Morgan fingerprint density at radius 2 is 2.00 bits per heavy atom. The molecular weight excluding hydrogens is 376 g/mol. The molecule has 0 saturated carbocycles. The number of fused-ring (bicyclic) bond motifs is 1. The maximum absolute atomic E-state index is 12.8. The number of imidazole rings is 1. The normalized spacial score (nSPS) is 10.5. The van der Waals surface area contributed by atoms with E-state index >= 15 is 0 Å². The summed E-state index contributed by atoms with van der Waals surface area (Å²) in [5, 5.41) is 9.04. The molecule has 0 radical (unpaired) electrons. The molecular formula is C24H20N4O2. The highest BCUT2D eigenvalue weighted by Crippen LogP contribution is 2.18. The zero-order chi connectivity index (χ0) is 20.9. The van der Waals surface area contributed by atoms with Crippen LogP contribution in [0.3, 0.4) is 0 Å². The second-order valence-corrected chi connectivity index (χ2v) is 6.99. The van der Waals surface area contributed by atoms with E-state index in [1.165, 1.54) is 0 Å². The van der Waals surface area contributed by atoms with Gasteiger partial charge < -0.3 is 14.0 Å². The predicted octanol–water partition coefficient (Wildman–Crippen LogP) is 4.06. The van der Waals surface area contributed by atoms with Crippen LogP contribution in [0.5, 0.6) is 5.75 Å². The quantitative estimate of drug-likeness (QED) is 0.493. The Morgan fingerprint density at radius 1 is 1.13 bits per heavy atom. The van der Waals surface area contributed by atoms with E-state index in [4.69, 9.17) is 10.00 Å². The number of hydrogen-bond acceptors (Lipinski definition) is 4. The van der Waals surface area contributed by atoms with E-state index in [-0.39, 0.29) is 5.91 Å². The number of ether oxygens (including phenoxy) is 1. The van der Waals surface area contributed by atoms with Gasteiger partial charge in [-0.15, -0.1) is 0 Å². The molecule has 0 saturated heterocycles. The second-order valence-electron chi connectivity index (χ2n) is 6.99. The lowest BCUT2D eigenvalue weighted by molar-refractivity contribution is 0.0784. The molecule has 0 aliphatic heterocycles. The van der Waals surface area contributed by atoms with E-state index < -0.39 is 0 Å². The molecule has 4 rings (SSSR count). The summed E-state index contributed by atoms with van der Waals surface area (Å²) < 4.78 is 7.80. The van der Waals surface area contributed by atoms with Gasteiger partial charge in [-0.3, -0.25) is 4.79 Å². The molecule has 0 atom stereocenters. The van der Waals surface area contributed by atoms with E-state index in [0.717, 1.165) is 16.9 Å². The van der Waals surface area contributed by atoms with Gasteiger partial charge in [0.2, 0.25) is 0 Å². The Kier molecular flexibility index (Phi) is 5.44. The molecule has 2 aromatic heterocycles. The molecule has 6 nitrogen and oxygen atoms in total. The summed E-state index contributed by atoms with van der Waals surface area (Å²) in [5.74, 6) is 0.494. The maximum atomic E-state index is 12.8. The molecule has 2 heterocycles. The van der Waals surface area contributed by atoms with Crippen LogP contribution in [0.2, 0.25) is 0 Å². The summed E-state index contributed by atoms with van der Waals surface area (Å²) in [6, 6.07) is 22.3. The number of pyridine rings is 1. The lowest BCUT2D eigenvalue weighted by atomic mass is 10.1. The number of aromatic nitrogens is 2. The third-order valence-electron chi connectivity index (χ3n) is 4.70. The Balaban J connectivity index is 1.42. The fourth-order valence-electron chi connectivity index (χ4n) is 3.24. The minimum Gasteiger partial charge on any atom is -0.487 e. The number of nitrogens with zero attached hydrogens (tertiary/aromatic N) is 4. The third-order valence-corrected chi connectivity index (χ3v) is 4.70. The first-order chi connectivity index (χ1) is 14.6. The van der Waals surface area contributed by atoms with Crippen molar-refractivity contribution in [2.75, 3.05) is 7.05 Å². The Hall–Kier alpha value is -4.11. The monoisotopic (exact) mass is 396 g/mol. The van der Waals surface area contributed by atoms with Crippen LogP contribution in [0, 0.1) is 11.3 Å². The summed E-state index contributed by atoms with van der Waals surface area (Å²) in [5.41, 5.74) is 3.70. The van der Waals surface area contributed by atoms with Crippen LogP contribution in [0.15, 0.2) is 79.1 Å². The van der Waals surface area contributed by atoms with Gasteiger partial charge in [0.1, 0.15) is 18.0 Å². The van der Waals surface area contributed by atoms with Crippen molar-refractivity contribution >= 4 is 11.6 Å². The lowest BCUT2D eigenvalue weighted by Gasteiger charge is -2.18. The molecule has 0 aliphatic carbocycles. The first kappa shape index (κ1) is 19.2. The van der Waals surface area contributed by atoms with Gasteiger partial charge in [-0.2, -0.15) is 5.26 Å². The minimum absolute atomic E-state index is 0.115. The molecule has 0 bridgehead atoms. The van der Waals surface area contributed by atoms with Gasteiger partial charge in [0.25, 0.3) is 5.91 Å². The molecule has 0 spiro atoms. The number of rotatable bonds is 6. The number of carbonyl (C=O) groups is 1. The largest absolute Gasteiger partial charge is 0.487 e. The Labute approximate surface area is 174 Å². The van der Waals surface area contributed by atoms with Gasteiger partial charge >= 0.3 is 0 Å². The van der Waals surface area contributed by atoms with Crippen molar-refractivity contribution in [2.24, 2.45) is 0 Å². The lowest BCUT2D eigenvalue weighted by Crippen LogP contribution is -2.26.